The van der Waals surface area contributed by atoms with Gasteiger partial charge in [-0.05, 0) is 46.0 Å². The van der Waals surface area contributed by atoms with Crippen molar-refractivity contribution < 1.29 is 4.79 Å². The SMILES string of the molecule is C=C1C=C(C(=O)N[C@H](C)c2cccc3ccccc23)Cc2ccccc21. The van der Waals surface area contributed by atoms with Crippen LogP contribution >= 0.6 is 0 Å². The highest BCUT2D eigenvalue weighted by molar-refractivity contribution is 5.99. The van der Waals surface area contributed by atoms with E-state index in [2.05, 4.69) is 48.3 Å². The van der Waals surface area contributed by atoms with Crippen molar-refractivity contribution in [3.63, 3.8) is 0 Å². The van der Waals surface area contributed by atoms with Crippen LogP contribution in [0.5, 0.6) is 0 Å². The Balaban J connectivity index is 1.58. The Morgan fingerprint density at radius 3 is 2.62 bits per heavy atom. The topological polar surface area (TPSA) is 29.1 Å². The van der Waals surface area contributed by atoms with E-state index in [4.69, 9.17) is 0 Å². The molecule has 1 aliphatic rings. The van der Waals surface area contributed by atoms with Gasteiger partial charge in [-0.3, -0.25) is 4.79 Å². The molecule has 2 heteroatoms. The molecule has 26 heavy (non-hydrogen) atoms. The van der Waals surface area contributed by atoms with Gasteiger partial charge in [0.1, 0.15) is 0 Å². The van der Waals surface area contributed by atoms with Crippen LogP contribution in [-0.2, 0) is 11.2 Å². The van der Waals surface area contributed by atoms with E-state index in [0.29, 0.717) is 6.42 Å². The summed E-state index contributed by atoms with van der Waals surface area (Å²) in [6, 6.07) is 22.5. The number of carbonyl (C=O) groups excluding carboxylic acids is 1. The van der Waals surface area contributed by atoms with Crippen molar-refractivity contribution in [1.82, 2.24) is 5.32 Å². The second kappa shape index (κ2) is 6.64. The Labute approximate surface area is 153 Å². The van der Waals surface area contributed by atoms with Gasteiger partial charge in [-0.25, -0.2) is 0 Å². The average molecular weight is 339 g/mol. The lowest BCUT2D eigenvalue weighted by molar-refractivity contribution is -0.118. The van der Waals surface area contributed by atoms with Crippen LogP contribution in [0.15, 0.2) is 85.0 Å². The number of fused-ring (bicyclic) bond motifs is 2. The van der Waals surface area contributed by atoms with Crippen molar-refractivity contribution in [1.29, 1.82) is 0 Å². The molecular weight excluding hydrogens is 318 g/mol. The molecule has 0 aliphatic heterocycles. The summed E-state index contributed by atoms with van der Waals surface area (Å²) in [4.78, 5) is 12.9. The molecule has 1 N–H and O–H groups in total. The molecule has 0 heterocycles. The summed E-state index contributed by atoms with van der Waals surface area (Å²) < 4.78 is 0. The minimum Gasteiger partial charge on any atom is -0.346 e. The van der Waals surface area contributed by atoms with Gasteiger partial charge in [-0.15, -0.1) is 0 Å². The van der Waals surface area contributed by atoms with Crippen LogP contribution in [0.4, 0.5) is 0 Å². The molecule has 3 aromatic rings. The van der Waals surface area contributed by atoms with E-state index in [1.165, 1.54) is 10.8 Å². The smallest absolute Gasteiger partial charge is 0.248 e. The highest BCUT2D eigenvalue weighted by atomic mass is 16.1. The second-order valence-electron chi connectivity index (χ2n) is 6.79. The normalized spacial score (nSPS) is 14.5. The zero-order chi connectivity index (χ0) is 18.1. The maximum absolute atomic E-state index is 12.9. The molecule has 0 radical (unpaired) electrons. The molecule has 0 fully saturated rings. The number of hydrogen-bond acceptors (Lipinski definition) is 1. The van der Waals surface area contributed by atoms with Gasteiger partial charge in [0.2, 0.25) is 5.91 Å². The average Bonchev–Trinajstić information content (AvgIpc) is 2.67. The predicted octanol–water partition coefficient (Wildman–Crippen LogP) is 5.21. The van der Waals surface area contributed by atoms with E-state index in [0.717, 1.165) is 27.8 Å². The molecule has 0 spiro atoms. The van der Waals surface area contributed by atoms with Crippen LogP contribution in [0.1, 0.15) is 29.7 Å². The lowest BCUT2D eigenvalue weighted by Crippen LogP contribution is -2.29. The molecular formula is C24H21NO. The number of nitrogens with one attached hydrogen (secondary N) is 1. The maximum Gasteiger partial charge on any atom is 0.248 e. The molecule has 2 nitrogen and oxygen atoms in total. The molecule has 0 unspecified atom stereocenters. The summed E-state index contributed by atoms with van der Waals surface area (Å²) in [6.07, 6.45) is 2.55. The van der Waals surface area contributed by atoms with Crippen LogP contribution in [0, 0.1) is 0 Å². The fraction of sp³-hybridized carbons (Fsp3) is 0.125. The highest BCUT2D eigenvalue weighted by Gasteiger charge is 2.20. The minimum absolute atomic E-state index is 0.0268. The quantitative estimate of drug-likeness (QED) is 0.697. The molecule has 1 amide bonds. The first-order valence-electron chi connectivity index (χ1n) is 8.90. The number of allylic oxidation sites excluding steroid dienone is 2. The van der Waals surface area contributed by atoms with Crippen molar-refractivity contribution in [3.05, 3.63) is 102 Å². The molecule has 0 saturated heterocycles. The molecule has 0 saturated carbocycles. The summed E-state index contributed by atoms with van der Waals surface area (Å²) in [5.41, 5.74) is 5.08. The third kappa shape index (κ3) is 2.95. The summed E-state index contributed by atoms with van der Waals surface area (Å²) in [7, 11) is 0. The fourth-order valence-electron chi connectivity index (χ4n) is 3.67. The summed E-state index contributed by atoms with van der Waals surface area (Å²) in [5.74, 6) is -0.0268. The number of amides is 1. The highest BCUT2D eigenvalue weighted by Crippen LogP contribution is 2.29. The van der Waals surface area contributed by atoms with E-state index in [-0.39, 0.29) is 11.9 Å². The third-order valence-corrected chi connectivity index (χ3v) is 5.02. The van der Waals surface area contributed by atoms with Crippen LogP contribution in [0.2, 0.25) is 0 Å². The van der Waals surface area contributed by atoms with Crippen LogP contribution < -0.4 is 5.32 Å². The Morgan fingerprint density at radius 2 is 1.73 bits per heavy atom. The van der Waals surface area contributed by atoms with E-state index in [1.807, 2.05) is 43.3 Å². The van der Waals surface area contributed by atoms with E-state index >= 15 is 0 Å². The van der Waals surface area contributed by atoms with E-state index in [9.17, 15) is 4.79 Å². The number of carbonyl (C=O) groups is 1. The number of hydrogen-bond donors (Lipinski definition) is 1. The maximum atomic E-state index is 12.9. The van der Waals surface area contributed by atoms with Crippen LogP contribution in [-0.4, -0.2) is 5.91 Å². The fourth-order valence-corrected chi connectivity index (χ4v) is 3.67. The molecule has 0 bridgehead atoms. The van der Waals surface area contributed by atoms with Gasteiger partial charge in [0.15, 0.2) is 0 Å². The van der Waals surface area contributed by atoms with Gasteiger partial charge in [-0.2, -0.15) is 0 Å². The van der Waals surface area contributed by atoms with Gasteiger partial charge < -0.3 is 5.32 Å². The van der Waals surface area contributed by atoms with Gasteiger partial charge in [0.25, 0.3) is 0 Å². The van der Waals surface area contributed by atoms with Crippen LogP contribution in [0.25, 0.3) is 16.3 Å². The third-order valence-electron chi connectivity index (χ3n) is 5.02. The summed E-state index contributed by atoms with van der Waals surface area (Å²) >= 11 is 0. The lowest BCUT2D eigenvalue weighted by atomic mass is 9.88. The Kier molecular flexibility index (Phi) is 4.18. The first-order chi connectivity index (χ1) is 12.6. The second-order valence-corrected chi connectivity index (χ2v) is 6.79. The summed E-state index contributed by atoms with van der Waals surface area (Å²) in [5, 5.41) is 5.52. The monoisotopic (exact) mass is 339 g/mol. The van der Waals surface area contributed by atoms with E-state index < -0.39 is 0 Å². The minimum atomic E-state index is -0.0695. The van der Waals surface area contributed by atoms with Crippen molar-refractivity contribution in [3.8, 4) is 0 Å². The first-order valence-corrected chi connectivity index (χ1v) is 8.90. The molecule has 1 atom stereocenters. The predicted molar refractivity (Wildman–Crippen MR) is 108 cm³/mol. The van der Waals surface area contributed by atoms with Gasteiger partial charge in [-0.1, -0.05) is 73.3 Å². The zero-order valence-electron chi connectivity index (χ0n) is 14.8. The Bertz CT molecular complexity index is 1040. The van der Waals surface area contributed by atoms with Crippen molar-refractivity contribution >= 4 is 22.3 Å². The number of benzene rings is 3. The van der Waals surface area contributed by atoms with Crippen molar-refractivity contribution in [2.24, 2.45) is 0 Å². The summed E-state index contributed by atoms with van der Waals surface area (Å²) in [6.45, 7) is 6.14. The lowest BCUT2D eigenvalue weighted by Gasteiger charge is -2.21. The van der Waals surface area contributed by atoms with Gasteiger partial charge in [0.05, 0.1) is 6.04 Å². The molecule has 0 aromatic heterocycles. The largest absolute Gasteiger partial charge is 0.346 e. The van der Waals surface area contributed by atoms with Crippen molar-refractivity contribution in [2.45, 2.75) is 19.4 Å². The first kappa shape index (κ1) is 16.3. The zero-order valence-corrected chi connectivity index (χ0v) is 14.8. The molecule has 3 aromatic carbocycles. The molecule has 128 valence electrons. The number of rotatable bonds is 3. The standard InChI is InChI=1S/C24H21NO/c1-16-14-20(15-19-9-4-5-11-21(16)19)24(26)25-17(2)22-13-7-10-18-8-3-6-12-23(18)22/h3-14,17H,1,15H2,2H3,(H,25,26)/t17-/m1/s1. The van der Waals surface area contributed by atoms with Gasteiger partial charge >= 0.3 is 0 Å². The van der Waals surface area contributed by atoms with Crippen molar-refractivity contribution in [2.75, 3.05) is 0 Å². The Morgan fingerprint density at radius 1 is 1.00 bits per heavy atom. The van der Waals surface area contributed by atoms with E-state index in [1.54, 1.807) is 0 Å². The molecule has 4 rings (SSSR count). The van der Waals surface area contributed by atoms with Gasteiger partial charge in [0, 0.05) is 12.0 Å². The Hall–Kier alpha value is -3.13. The molecule has 1 aliphatic carbocycles. The van der Waals surface area contributed by atoms with Crippen LogP contribution in [0.3, 0.4) is 0 Å².